The molecule has 4 heterocycles. The highest BCUT2D eigenvalue weighted by atomic mass is 16.8. The van der Waals surface area contributed by atoms with Crippen molar-refractivity contribution in [2.75, 3.05) is 26.9 Å². The van der Waals surface area contributed by atoms with Gasteiger partial charge in [0.05, 0.1) is 19.8 Å². The molecule has 4 saturated heterocycles. The van der Waals surface area contributed by atoms with E-state index in [1.165, 1.54) is 0 Å². The van der Waals surface area contributed by atoms with Gasteiger partial charge in [0.15, 0.2) is 31.3 Å². The Morgan fingerprint density at radius 2 is 1.15 bits per heavy atom. The molecule has 41 heavy (non-hydrogen) atoms. The van der Waals surface area contributed by atoms with Gasteiger partial charge >= 0.3 is 5.97 Å². The summed E-state index contributed by atoms with van der Waals surface area (Å²) in [5, 5.41) is 102. The van der Waals surface area contributed by atoms with Gasteiger partial charge in [-0.05, 0) is 0 Å². The summed E-state index contributed by atoms with van der Waals surface area (Å²) in [5.41, 5.74) is 0. The second-order valence-electron chi connectivity index (χ2n) is 10.0. The second-order valence-corrected chi connectivity index (χ2v) is 10.0. The molecule has 0 aromatic heterocycles. The maximum Gasteiger partial charge on any atom is 0.335 e. The molecule has 4 fully saturated rings. The molecule has 4 aliphatic rings. The molecule has 17 atom stereocenters. The fourth-order valence-corrected chi connectivity index (χ4v) is 4.85. The van der Waals surface area contributed by atoms with Crippen LogP contribution in [-0.4, -0.2) is 188 Å². The molecule has 0 amide bonds. The molecule has 0 spiro atoms. The van der Waals surface area contributed by atoms with E-state index in [9.17, 15) is 55.9 Å². The minimum Gasteiger partial charge on any atom is -0.479 e. The molecule has 4 aliphatic heterocycles. The summed E-state index contributed by atoms with van der Waals surface area (Å²) in [6.45, 7) is -1.24. The van der Waals surface area contributed by atoms with Crippen LogP contribution in [0.1, 0.15) is 0 Å². The summed E-state index contributed by atoms with van der Waals surface area (Å²) in [5.74, 6) is -1.54. The predicted molar refractivity (Wildman–Crippen MR) is 121 cm³/mol. The van der Waals surface area contributed by atoms with Crippen LogP contribution in [-0.2, 0) is 42.7 Å². The van der Waals surface area contributed by atoms with Crippen molar-refractivity contribution in [2.24, 2.45) is 0 Å². The minimum absolute atomic E-state index is 0.360. The van der Waals surface area contributed by atoms with Crippen molar-refractivity contribution in [3.8, 4) is 0 Å². The quantitative estimate of drug-likeness (QED) is 0.123. The Bertz CT molecular complexity index is 865. The van der Waals surface area contributed by atoms with Crippen LogP contribution in [0.2, 0.25) is 0 Å². The molecule has 0 aliphatic carbocycles. The number of rotatable bonds is 8. The number of hydrogen-bond donors (Lipinski definition) is 10. The standard InChI is InChI=1S/C22H36O19/c1-34-15-11(27)14(30)22(41-17(15)18(31)32)40-16-10(26)7(3-35-19(16)33)39-21-13(29)9(25)6(4-37-21)38-20-12(28)8(24)5(23)2-36-20/h5-17,19-30,33H,2-4H2,1H3,(H,31,32)/t5-,6-,7-,8+,9+,10+,11-,12-,13-,14-,15+,16-,17+,19?,20+,21+,22+/m1/s1. The minimum atomic E-state index is -1.86. The number of aliphatic hydroxyl groups excluding tert-OH is 9. The van der Waals surface area contributed by atoms with Crippen molar-refractivity contribution in [1.29, 1.82) is 0 Å². The van der Waals surface area contributed by atoms with Gasteiger partial charge in [0.1, 0.15) is 73.2 Å². The fraction of sp³-hybridized carbons (Fsp3) is 0.955. The van der Waals surface area contributed by atoms with E-state index in [0.717, 1.165) is 7.11 Å². The van der Waals surface area contributed by atoms with Crippen LogP contribution in [0.3, 0.4) is 0 Å². The maximum absolute atomic E-state index is 11.5. The van der Waals surface area contributed by atoms with Gasteiger partial charge in [-0.2, -0.15) is 0 Å². The smallest absolute Gasteiger partial charge is 0.335 e. The van der Waals surface area contributed by atoms with Crippen LogP contribution in [0.5, 0.6) is 0 Å². The second kappa shape index (κ2) is 13.6. The van der Waals surface area contributed by atoms with E-state index < -0.39 is 124 Å². The topological polar surface area (TPSA) is 293 Å². The molecule has 238 valence electrons. The number of carboxylic acid groups (broad SMARTS) is 1. The van der Waals surface area contributed by atoms with Crippen molar-refractivity contribution in [3.63, 3.8) is 0 Å². The van der Waals surface area contributed by atoms with E-state index in [2.05, 4.69) is 0 Å². The molecule has 10 N–H and O–H groups in total. The molecule has 19 nitrogen and oxygen atoms in total. The number of hydrogen-bond acceptors (Lipinski definition) is 18. The first-order chi connectivity index (χ1) is 19.3. The van der Waals surface area contributed by atoms with Gasteiger partial charge in [-0.3, -0.25) is 0 Å². The van der Waals surface area contributed by atoms with E-state index in [1.54, 1.807) is 0 Å². The Labute approximate surface area is 231 Å². The van der Waals surface area contributed by atoms with E-state index >= 15 is 0 Å². The number of aliphatic hydroxyl groups is 9. The molecule has 0 radical (unpaired) electrons. The summed E-state index contributed by atoms with van der Waals surface area (Å²) in [6.07, 6.45) is -27.7. The zero-order valence-electron chi connectivity index (χ0n) is 21.6. The molecule has 0 aromatic rings. The lowest BCUT2D eigenvalue weighted by atomic mass is 9.98. The van der Waals surface area contributed by atoms with Crippen molar-refractivity contribution in [2.45, 2.75) is 105 Å². The van der Waals surface area contributed by atoms with Gasteiger partial charge in [-0.1, -0.05) is 0 Å². The van der Waals surface area contributed by atoms with Gasteiger partial charge in [0, 0.05) is 7.11 Å². The average molecular weight is 605 g/mol. The van der Waals surface area contributed by atoms with E-state index in [1.807, 2.05) is 0 Å². The fourth-order valence-electron chi connectivity index (χ4n) is 4.85. The number of carboxylic acids is 1. The summed E-state index contributed by atoms with van der Waals surface area (Å²) in [7, 11) is 1.10. The molecule has 0 saturated carbocycles. The van der Waals surface area contributed by atoms with Gasteiger partial charge in [-0.15, -0.1) is 0 Å². The zero-order chi connectivity index (χ0) is 30.2. The first-order valence-electron chi connectivity index (χ1n) is 12.7. The summed E-state index contributed by atoms with van der Waals surface area (Å²) >= 11 is 0. The molecule has 19 heteroatoms. The largest absolute Gasteiger partial charge is 0.479 e. The Morgan fingerprint density at radius 1 is 0.610 bits per heavy atom. The monoisotopic (exact) mass is 604 g/mol. The zero-order valence-corrected chi connectivity index (χ0v) is 21.6. The number of methoxy groups -OCH3 is 1. The van der Waals surface area contributed by atoms with E-state index in [-0.39, 0.29) is 6.61 Å². The van der Waals surface area contributed by atoms with Crippen LogP contribution in [0.4, 0.5) is 0 Å². The summed E-state index contributed by atoms with van der Waals surface area (Å²) in [6, 6.07) is 0. The van der Waals surface area contributed by atoms with Crippen molar-refractivity contribution in [1.82, 2.24) is 0 Å². The average Bonchev–Trinajstić information content (AvgIpc) is 2.94. The highest BCUT2D eigenvalue weighted by molar-refractivity contribution is 5.73. The van der Waals surface area contributed by atoms with Crippen molar-refractivity contribution in [3.05, 3.63) is 0 Å². The van der Waals surface area contributed by atoms with Gasteiger partial charge in [0.25, 0.3) is 0 Å². The van der Waals surface area contributed by atoms with Crippen LogP contribution < -0.4 is 0 Å². The molecule has 1 unspecified atom stereocenters. The third-order valence-corrected chi connectivity index (χ3v) is 7.29. The highest BCUT2D eigenvalue weighted by Crippen LogP contribution is 2.30. The summed E-state index contributed by atoms with van der Waals surface area (Å²) in [4.78, 5) is 11.5. The lowest BCUT2D eigenvalue weighted by Gasteiger charge is -2.45. The molecule has 0 aromatic carbocycles. The number of carbonyl (C=O) groups is 1. The van der Waals surface area contributed by atoms with Gasteiger partial charge < -0.3 is 89.0 Å². The normalized spacial score (nSPS) is 51.3. The van der Waals surface area contributed by atoms with Crippen LogP contribution in [0.15, 0.2) is 0 Å². The van der Waals surface area contributed by atoms with Crippen LogP contribution in [0, 0.1) is 0 Å². The van der Waals surface area contributed by atoms with Crippen molar-refractivity contribution < 1.29 is 93.8 Å². The molecule has 0 bridgehead atoms. The maximum atomic E-state index is 11.5. The Kier molecular flexibility index (Phi) is 10.9. The lowest BCUT2D eigenvalue weighted by molar-refractivity contribution is -0.368. The van der Waals surface area contributed by atoms with Crippen LogP contribution in [0.25, 0.3) is 0 Å². The lowest BCUT2D eigenvalue weighted by Crippen LogP contribution is -2.64. The van der Waals surface area contributed by atoms with Gasteiger partial charge in [-0.25, -0.2) is 4.79 Å². The SMILES string of the molecule is CO[C@H]1[C@H](O)[C@@H](O)[C@@H](O[C@H]2C(O)OC[C@@H](O[C@@H]3OC[C@@H](O[C@@H]4OC[C@@H](O)[C@H](O)[C@H]4O)[C@H](O)[C@H]3O)[C@@H]2O)O[C@@H]1C(=O)O. The first kappa shape index (κ1) is 32.7. The molecular formula is C22H36O19. The predicted octanol–water partition coefficient (Wildman–Crippen LogP) is -7.09. The molecular weight excluding hydrogens is 568 g/mol. The summed E-state index contributed by atoms with van der Waals surface area (Å²) < 4.78 is 42.1. The Morgan fingerprint density at radius 3 is 1.76 bits per heavy atom. The number of ether oxygens (including phenoxy) is 8. The van der Waals surface area contributed by atoms with Crippen molar-refractivity contribution >= 4 is 5.97 Å². The number of aliphatic carboxylic acids is 1. The third-order valence-electron chi connectivity index (χ3n) is 7.29. The Balaban J connectivity index is 1.35. The van der Waals surface area contributed by atoms with E-state index in [4.69, 9.17) is 37.9 Å². The highest BCUT2D eigenvalue weighted by Gasteiger charge is 2.52. The van der Waals surface area contributed by atoms with Crippen LogP contribution >= 0.6 is 0 Å². The van der Waals surface area contributed by atoms with Gasteiger partial charge in [0.2, 0.25) is 0 Å². The third kappa shape index (κ3) is 6.81. The molecule has 4 rings (SSSR count). The Hall–Kier alpha value is -1.21. The first-order valence-corrected chi connectivity index (χ1v) is 12.7. The van der Waals surface area contributed by atoms with E-state index in [0.29, 0.717) is 0 Å².